The lowest BCUT2D eigenvalue weighted by Crippen LogP contribution is -2.16. The molecule has 0 radical (unpaired) electrons. The summed E-state index contributed by atoms with van der Waals surface area (Å²) in [5.74, 6) is 0.106. The monoisotopic (exact) mass is 410 g/mol. The van der Waals surface area contributed by atoms with Crippen LogP contribution in [0.3, 0.4) is 0 Å². The van der Waals surface area contributed by atoms with E-state index in [2.05, 4.69) is 0 Å². The fourth-order valence-electron chi connectivity index (χ4n) is 2.92. The van der Waals surface area contributed by atoms with Crippen LogP contribution in [-0.4, -0.2) is 40.2 Å². The van der Waals surface area contributed by atoms with Crippen LogP contribution in [0, 0.1) is 0 Å². The summed E-state index contributed by atoms with van der Waals surface area (Å²) in [6.45, 7) is 3.52. The predicted octanol–water partition coefficient (Wildman–Crippen LogP) is 4.33. The molecule has 2 rings (SSSR count). The van der Waals surface area contributed by atoms with Crippen molar-refractivity contribution >= 4 is 23.4 Å². The van der Waals surface area contributed by atoms with Gasteiger partial charge in [0.1, 0.15) is 22.8 Å². The third-order valence-corrected chi connectivity index (χ3v) is 4.80. The van der Waals surface area contributed by atoms with E-state index < -0.39 is 11.8 Å². The van der Waals surface area contributed by atoms with Gasteiger partial charge < -0.3 is 18.9 Å². The Hall–Kier alpha value is -3.54. The molecule has 0 aliphatic carbocycles. The highest BCUT2D eigenvalue weighted by atomic mass is 16.5. The smallest absolute Gasteiger partial charge is 0.341 e. The summed E-state index contributed by atoms with van der Waals surface area (Å²) >= 11 is 0. The average molecular weight is 410 g/mol. The number of methoxy groups -OCH3 is 4. The van der Waals surface area contributed by atoms with Crippen molar-refractivity contribution in [3.63, 3.8) is 0 Å². The summed E-state index contributed by atoms with van der Waals surface area (Å²) in [6, 6.07) is 12.8. The Morgan fingerprint density at radius 2 is 1.40 bits per heavy atom. The van der Waals surface area contributed by atoms with Gasteiger partial charge in [0.15, 0.2) is 5.78 Å². The van der Waals surface area contributed by atoms with Gasteiger partial charge in [-0.3, -0.25) is 4.79 Å². The molecule has 0 aromatic heterocycles. The quantitative estimate of drug-likeness (QED) is 0.279. The maximum atomic E-state index is 13.3. The number of rotatable bonds is 8. The Kier molecular flexibility index (Phi) is 7.81. The van der Waals surface area contributed by atoms with Crippen LogP contribution in [-0.2, 0) is 14.3 Å². The molecular weight excluding hydrogens is 384 g/mol. The third-order valence-electron chi connectivity index (χ3n) is 4.80. The van der Waals surface area contributed by atoms with Gasteiger partial charge in [-0.15, -0.1) is 0 Å². The highest BCUT2D eigenvalue weighted by molar-refractivity contribution is 6.28. The lowest BCUT2D eigenvalue weighted by atomic mass is 9.94. The molecule has 158 valence electrons. The van der Waals surface area contributed by atoms with E-state index in [4.69, 9.17) is 18.9 Å². The van der Waals surface area contributed by atoms with Gasteiger partial charge in [0.05, 0.1) is 34.0 Å². The number of ether oxygens (including phenoxy) is 4. The van der Waals surface area contributed by atoms with Gasteiger partial charge in [0.2, 0.25) is 0 Å². The van der Waals surface area contributed by atoms with Crippen molar-refractivity contribution in [2.75, 3.05) is 28.4 Å². The second-order valence-electron chi connectivity index (χ2n) is 6.44. The van der Waals surface area contributed by atoms with Crippen LogP contribution in [0.1, 0.15) is 25.0 Å². The zero-order valence-electron chi connectivity index (χ0n) is 18.1. The summed E-state index contributed by atoms with van der Waals surface area (Å²) in [5.41, 5.74) is 2.40. The molecule has 0 saturated heterocycles. The first-order valence-electron chi connectivity index (χ1n) is 9.25. The van der Waals surface area contributed by atoms with Crippen molar-refractivity contribution in [3.8, 4) is 17.2 Å². The molecule has 2 aromatic carbocycles. The summed E-state index contributed by atoms with van der Waals surface area (Å²) in [7, 11) is 5.72. The van der Waals surface area contributed by atoms with E-state index in [0.717, 1.165) is 11.1 Å². The molecule has 0 heterocycles. The van der Waals surface area contributed by atoms with E-state index in [1.54, 1.807) is 19.1 Å². The molecule has 6 heteroatoms. The number of benzene rings is 2. The van der Waals surface area contributed by atoms with Gasteiger partial charge in [-0.25, -0.2) is 4.79 Å². The molecule has 0 aliphatic rings. The van der Waals surface area contributed by atoms with Gasteiger partial charge in [-0.05, 0) is 31.1 Å². The van der Waals surface area contributed by atoms with Crippen LogP contribution in [0.5, 0.6) is 17.2 Å². The van der Waals surface area contributed by atoms with Crippen LogP contribution in [0.4, 0.5) is 0 Å². The van der Waals surface area contributed by atoms with Crippen molar-refractivity contribution in [2.45, 2.75) is 13.8 Å². The van der Waals surface area contributed by atoms with Crippen LogP contribution >= 0.6 is 0 Å². The zero-order chi connectivity index (χ0) is 22.3. The highest BCUT2D eigenvalue weighted by Gasteiger charge is 2.24. The molecule has 0 amide bonds. The van der Waals surface area contributed by atoms with E-state index in [1.807, 2.05) is 37.3 Å². The van der Waals surface area contributed by atoms with E-state index in [9.17, 15) is 9.59 Å². The average Bonchev–Trinajstić information content (AvgIpc) is 2.80. The number of ketones is 1. The van der Waals surface area contributed by atoms with Gasteiger partial charge in [-0.2, -0.15) is 0 Å². The Bertz CT molecular complexity index is 961. The predicted molar refractivity (Wildman–Crippen MR) is 116 cm³/mol. The Balaban J connectivity index is 2.65. The topological polar surface area (TPSA) is 71.1 Å². The van der Waals surface area contributed by atoms with Crippen molar-refractivity contribution in [2.24, 2.45) is 0 Å². The van der Waals surface area contributed by atoms with Crippen LogP contribution < -0.4 is 14.2 Å². The van der Waals surface area contributed by atoms with Crippen LogP contribution in [0.15, 0.2) is 53.6 Å². The number of allylic oxidation sites excluding steroid dienone is 2. The Labute approximate surface area is 176 Å². The maximum absolute atomic E-state index is 13.3. The molecule has 30 heavy (non-hydrogen) atoms. The van der Waals surface area contributed by atoms with Gasteiger partial charge in [0, 0.05) is 17.7 Å². The standard InChI is InChI=1S/C24H26O6/c1-15(17-10-8-7-9-11-17)16(2)23(25)20(24(26)30-6)14-19-21(28-4)12-18(27-3)13-22(19)29-5/h7-14H,1-6H3/b16-15+,20-14-. The van der Waals surface area contributed by atoms with Gasteiger partial charge >= 0.3 is 5.97 Å². The lowest BCUT2D eigenvalue weighted by molar-refractivity contribution is -0.137. The van der Waals surface area contributed by atoms with Gasteiger partial charge in [0.25, 0.3) is 0 Å². The molecule has 0 saturated carbocycles. The number of carbonyl (C=O) groups is 2. The molecule has 0 atom stereocenters. The molecule has 0 unspecified atom stereocenters. The summed E-state index contributed by atoms with van der Waals surface area (Å²) in [4.78, 5) is 25.8. The minimum Gasteiger partial charge on any atom is -0.496 e. The summed E-state index contributed by atoms with van der Waals surface area (Å²) in [6.07, 6.45) is 1.42. The van der Waals surface area contributed by atoms with Crippen LogP contribution in [0.2, 0.25) is 0 Å². The van der Waals surface area contributed by atoms with Crippen LogP contribution in [0.25, 0.3) is 11.6 Å². The molecule has 0 N–H and O–H groups in total. The minimum absolute atomic E-state index is 0.132. The Morgan fingerprint density at radius 3 is 1.87 bits per heavy atom. The Morgan fingerprint density at radius 1 is 0.833 bits per heavy atom. The molecule has 0 bridgehead atoms. The maximum Gasteiger partial charge on any atom is 0.341 e. The molecule has 0 spiro atoms. The fraction of sp³-hybridized carbons (Fsp3) is 0.250. The zero-order valence-corrected chi connectivity index (χ0v) is 18.1. The second-order valence-corrected chi connectivity index (χ2v) is 6.44. The van der Waals surface area contributed by atoms with Gasteiger partial charge in [-0.1, -0.05) is 30.3 Å². The molecular formula is C24H26O6. The number of Topliss-reactive ketones (excluding diaryl/α,β-unsaturated/α-hetero) is 1. The van der Waals surface area contributed by atoms with E-state index in [-0.39, 0.29) is 5.57 Å². The van der Waals surface area contributed by atoms with E-state index >= 15 is 0 Å². The summed E-state index contributed by atoms with van der Waals surface area (Å²) in [5, 5.41) is 0. The van der Waals surface area contributed by atoms with Crippen molar-refractivity contribution < 1.29 is 28.5 Å². The molecule has 2 aromatic rings. The highest BCUT2D eigenvalue weighted by Crippen LogP contribution is 2.36. The SMILES string of the molecule is COC(=O)/C(=C\c1c(OC)cc(OC)cc1OC)C(=O)/C(C)=C(\C)c1ccccc1. The molecule has 0 aliphatic heterocycles. The number of hydrogen-bond donors (Lipinski definition) is 0. The normalized spacial score (nSPS) is 12.0. The number of esters is 1. The fourth-order valence-corrected chi connectivity index (χ4v) is 2.92. The van der Waals surface area contributed by atoms with Crippen molar-refractivity contribution in [3.05, 3.63) is 64.7 Å². The first kappa shape index (κ1) is 22.7. The lowest BCUT2D eigenvalue weighted by Gasteiger charge is -2.14. The number of hydrogen-bond acceptors (Lipinski definition) is 6. The second kappa shape index (κ2) is 10.3. The van der Waals surface area contributed by atoms with Crippen molar-refractivity contribution in [1.82, 2.24) is 0 Å². The van der Waals surface area contributed by atoms with E-state index in [0.29, 0.717) is 28.4 Å². The first-order chi connectivity index (χ1) is 14.4. The molecule has 0 fully saturated rings. The molecule has 6 nitrogen and oxygen atoms in total. The first-order valence-corrected chi connectivity index (χ1v) is 9.25. The largest absolute Gasteiger partial charge is 0.496 e. The van der Waals surface area contributed by atoms with Crippen molar-refractivity contribution in [1.29, 1.82) is 0 Å². The van der Waals surface area contributed by atoms with E-state index in [1.165, 1.54) is 34.5 Å². The third kappa shape index (κ3) is 4.89. The summed E-state index contributed by atoms with van der Waals surface area (Å²) < 4.78 is 21.0. The number of carbonyl (C=O) groups excluding carboxylic acids is 2. The minimum atomic E-state index is -0.750.